The molecule has 162 valence electrons. The van der Waals surface area contributed by atoms with Crippen molar-refractivity contribution in [1.29, 1.82) is 0 Å². The largest absolute Gasteiger partial charge is 0.484 e. The van der Waals surface area contributed by atoms with Gasteiger partial charge >= 0.3 is 0 Å². The van der Waals surface area contributed by atoms with Gasteiger partial charge in [0, 0.05) is 19.0 Å². The van der Waals surface area contributed by atoms with Crippen LogP contribution < -0.4 is 19.5 Å². The van der Waals surface area contributed by atoms with Crippen molar-refractivity contribution in [2.75, 3.05) is 19.9 Å². The summed E-state index contributed by atoms with van der Waals surface area (Å²) in [5.74, 6) is 1.10. The van der Waals surface area contributed by atoms with Crippen molar-refractivity contribution in [3.63, 3.8) is 0 Å². The van der Waals surface area contributed by atoms with Gasteiger partial charge in [0.2, 0.25) is 12.7 Å². The topological polar surface area (TPSA) is 77.1 Å². The van der Waals surface area contributed by atoms with E-state index in [1.165, 1.54) is 12.1 Å². The molecule has 0 aromatic heterocycles. The molecular weight excluding hydrogens is 403 g/mol. The van der Waals surface area contributed by atoms with E-state index in [1.54, 1.807) is 29.2 Å². The molecular formula is C23H23FN2O5. The van der Waals surface area contributed by atoms with Crippen LogP contribution >= 0.6 is 0 Å². The zero-order valence-electron chi connectivity index (χ0n) is 16.9. The molecule has 3 aliphatic heterocycles. The number of fused-ring (bicyclic) bond motifs is 1. The maximum absolute atomic E-state index is 14.0. The van der Waals surface area contributed by atoms with Crippen LogP contribution in [-0.2, 0) is 9.59 Å². The molecule has 5 rings (SSSR count). The molecule has 8 heteroatoms. The number of nitrogens with zero attached hydrogens (tertiary/aromatic N) is 1. The van der Waals surface area contributed by atoms with Crippen LogP contribution in [0.3, 0.4) is 0 Å². The second-order valence-corrected chi connectivity index (χ2v) is 8.16. The average Bonchev–Trinajstić information content (AvgIpc) is 3.38. The summed E-state index contributed by atoms with van der Waals surface area (Å²) in [6.07, 6.45) is 2.51. The van der Waals surface area contributed by atoms with Crippen LogP contribution in [0, 0.1) is 5.82 Å². The lowest BCUT2D eigenvalue weighted by Gasteiger charge is -2.48. The number of carbonyl (C=O) groups excluding carboxylic acids is 2. The van der Waals surface area contributed by atoms with Gasteiger partial charge in [-0.15, -0.1) is 0 Å². The minimum atomic E-state index is -0.586. The number of carbonyl (C=O) groups is 2. The van der Waals surface area contributed by atoms with Crippen molar-refractivity contribution in [2.45, 2.75) is 37.3 Å². The van der Waals surface area contributed by atoms with Gasteiger partial charge in [-0.25, -0.2) is 4.39 Å². The van der Waals surface area contributed by atoms with Gasteiger partial charge < -0.3 is 24.4 Å². The number of nitrogens with one attached hydrogen (secondary N) is 1. The van der Waals surface area contributed by atoms with Crippen molar-refractivity contribution in [3.05, 3.63) is 53.8 Å². The molecule has 0 bridgehead atoms. The maximum Gasteiger partial charge on any atom is 0.261 e. The van der Waals surface area contributed by atoms with Crippen molar-refractivity contribution in [1.82, 2.24) is 10.2 Å². The molecule has 3 aliphatic rings. The highest BCUT2D eigenvalue weighted by Gasteiger charge is 2.50. The smallest absolute Gasteiger partial charge is 0.261 e. The Labute approximate surface area is 179 Å². The second kappa shape index (κ2) is 7.76. The Bertz CT molecular complexity index is 1030. The van der Waals surface area contributed by atoms with Gasteiger partial charge in [-0.3, -0.25) is 9.59 Å². The van der Waals surface area contributed by atoms with Gasteiger partial charge in [-0.2, -0.15) is 0 Å². The fourth-order valence-corrected chi connectivity index (χ4v) is 4.90. The Morgan fingerprint density at radius 2 is 2.06 bits per heavy atom. The molecule has 7 nitrogen and oxygen atoms in total. The Kier molecular flexibility index (Phi) is 4.92. The third-order valence-electron chi connectivity index (χ3n) is 6.23. The molecule has 2 aromatic carbocycles. The predicted molar refractivity (Wildman–Crippen MR) is 108 cm³/mol. The Hall–Kier alpha value is -3.29. The van der Waals surface area contributed by atoms with Crippen LogP contribution in [0.25, 0.3) is 0 Å². The number of hydrogen-bond donors (Lipinski definition) is 1. The molecule has 0 radical (unpaired) electrons. The lowest BCUT2D eigenvalue weighted by atomic mass is 9.76. The van der Waals surface area contributed by atoms with Gasteiger partial charge in [0.15, 0.2) is 18.1 Å². The first-order chi connectivity index (χ1) is 15.0. The van der Waals surface area contributed by atoms with E-state index in [9.17, 15) is 14.0 Å². The van der Waals surface area contributed by atoms with Crippen LogP contribution in [0.1, 0.15) is 37.3 Å². The van der Waals surface area contributed by atoms with E-state index in [2.05, 4.69) is 5.32 Å². The van der Waals surface area contributed by atoms with E-state index in [4.69, 9.17) is 14.2 Å². The maximum atomic E-state index is 14.0. The normalized spacial score (nSPS) is 24.4. The minimum Gasteiger partial charge on any atom is -0.484 e. The predicted octanol–water partition coefficient (Wildman–Crippen LogP) is 2.95. The number of halogens is 1. The van der Waals surface area contributed by atoms with Crippen LogP contribution in [0.4, 0.5) is 4.39 Å². The average molecular weight is 426 g/mol. The minimum absolute atomic E-state index is 0.0349. The van der Waals surface area contributed by atoms with Gasteiger partial charge in [0.25, 0.3) is 5.91 Å². The number of piperidine rings is 1. The Morgan fingerprint density at radius 3 is 2.87 bits per heavy atom. The summed E-state index contributed by atoms with van der Waals surface area (Å²) >= 11 is 0. The number of hydrogen-bond acceptors (Lipinski definition) is 5. The lowest BCUT2D eigenvalue weighted by molar-refractivity contribution is -0.141. The first kappa shape index (κ1) is 19.7. The third-order valence-corrected chi connectivity index (χ3v) is 6.23. The fourth-order valence-electron chi connectivity index (χ4n) is 4.90. The molecule has 0 aliphatic carbocycles. The van der Waals surface area contributed by atoms with Crippen molar-refractivity contribution < 1.29 is 28.2 Å². The number of likely N-dealkylation sites (tertiary alicyclic amines) is 1. The monoisotopic (exact) mass is 426 g/mol. The first-order valence-corrected chi connectivity index (χ1v) is 10.4. The highest BCUT2D eigenvalue weighted by Crippen LogP contribution is 2.44. The highest BCUT2D eigenvalue weighted by molar-refractivity contribution is 5.82. The van der Waals surface area contributed by atoms with E-state index in [0.717, 1.165) is 12.8 Å². The van der Waals surface area contributed by atoms with Crippen molar-refractivity contribution in [2.24, 2.45) is 0 Å². The molecule has 2 fully saturated rings. The molecule has 2 aromatic rings. The summed E-state index contributed by atoms with van der Waals surface area (Å²) in [6.45, 7) is 0.506. The van der Waals surface area contributed by atoms with Crippen molar-refractivity contribution >= 4 is 11.8 Å². The summed E-state index contributed by atoms with van der Waals surface area (Å²) in [5.41, 5.74) is 0.0932. The lowest BCUT2D eigenvalue weighted by Crippen LogP contribution is -2.58. The molecule has 1 spiro atoms. The summed E-state index contributed by atoms with van der Waals surface area (Å²) in [5, 5.41) is 3.10. The van der Waals surface area contributed by atoms with Gasteiger partial charge in [-0.1, -0.05) is 12.1 Å². The van der Waals surface area contributed by atoms with Crippen molar-refractivity contribution in [3.8, 4) is 17.2 Å². The summed E-state index contributed by atoms with van der Waals surface area (Å²) in [7, 11) is 0. The van der Waals surface area contributed by atoms with Gasteiger partial charge in [0.1, 0.15) is 11.6 Å². The highest BCUT2D eigenvalue weighted by atomic mass is 19.1. The molecule has 1 N–H and O–H groups in total. The SMILES string of the molecule is O=C1CC[C@]2(CCCN(C(=O)COc3ccc4c(c3)OCO4)[C@@H]2c2cccc(F)c2)N1. The van der Waals surface area contributed by atoms with Gasteiger partial charge in [-0.05, 0) is 49.1 Å². The first-order valence-electron chi connectivity index (χ1n) is 10.4. The molecule has 2 saturated heterocycles. The third kappa shape index (κ3) is 3.66. The number of ether oxygens (including phenoxy) is 3. The Balaban J connectivity index is 1.39. The standard InChI is InChI=1S/C23H23FN2O5/c24-16-4-1-3-15(11-16)22-23(9-7-20(27)25-23)8-2-10-26(22)21(28)13-29-17-5-6-18-19(12-17)31-14-30-18/h1,3-6,11-12,22H,2,7-10,13-14H2,(H,25,27)/t22-,23+/m1/s1. The number of amides is 2. The number of benzene rings is 2. The van der Waals surface area contributed by atoms with E-state index in [1.807, 2.05) is 6.07 Å². The molecule has 2 atom stereocenters. The van der Waals surface area contributed by atoms with E-state index in [0.29, 0.717) is 42.2 Å². The fraction of sp³-hybridized carbons (Fsp3) is 0.391. The van der Waals surface area contributed by atoms with Crippen LogP contribution in [-0.4, -0.2) is 42.2 Å². The van der Waals surface area contributed by atoms with Gasteiger partial charge in [0.05, 0.1) is 11.6 Å². The number of rotatable bonds is 4. The van der Waals surface area contributed by atoms with Crippen LogP contribution in [0.2, 0.25) is 0 Å². The molecule has 3 heterocycles. The summed E-state index contributed by atoms with van der Waals surface area (Å²) in [4.78, 5) is 27.1. The zero-order chi connectivity index (χ0) is 21.4. The van der Waals surface area contributed by atoms with E-state index in [-0.39, 0.29) is 31.0 Å². The van der Waals surface area contributed by atoms with E-state index < -0.39 is 11.6 Å². The Morgan fingerprint density at radius 1 is 1.19 bits per heavy atom. The molecule has 2 amide bonds. The summed E-state index contributed by atoms with van der Waals surface area (Å²) in [6, 6.07) is 11.0. The van der Waals surface area contributed by atoms with Crippen LogP contribution in [0.15, 0.2) is 42.5 Å². The molecule has 0 unspecified atom stereocenters. The second-order valence-electron chi connectivity index (χ2n) is 8.16. The van der Waals surface area contributed by atoms with Crippen LogP contribution in [0.5, 0.6) is 17.2 Å². The molecule has 0 saturated carbocycles. The van der Waals surface area contributed by atoms with E-state index >= 15 is 0 Å². The molecule has 31 heavy (non-hydrogen) atoms. The zero-order valence-corrected chi connectivity index (χ0v) is 16.9. The quantitative estimate of drug-likeness (QED) is 0.814. The summed E-state index contributed by atoms with van der Waals surface area (Å²) < 4.78 is 30.4.